The second-order valence-electron chi connectivity index (χ2n) is 2.12. The predicted octanol–water partition coefficient (Wildman–Crippen LogP) is 0.327. The van der Waals surface area contributed by atoms with Gasteiger partial charge in [0.05, 0.1) is 0 Å². The third kappa shape index (κ3) is 3.12. The fourth-order valence-corrected chi connectivity index (χ4v) is 0.655. The van der Waals surface area contributed by atoms with Crippen molar-refractivity contribution in [2.24, 2.45) is 5.73 Å². The van der Waals surface area contributed by atoms with E-state index >= 15 is 0 Å². The van der Waals surface area contributed by atoms with Gasteiger partial charge >= 0.3 is 0 Å². The van der Waals surface area contributed by atoms with Crippen molar-refractivity contribution in [3.63, 3.8) is 0 Å². The van der Waals surface area contributed by atoms with Crippen molar-refractivity contribution in [3.05, 3.63) is 12.3 Å². The number of carbonyl (C=O) groups excluding carboxylic acids is 1. The summed E-state index contributed by atoms with van der Waals surface area (Å²) >= 11 is 0. The normalized spacial score (nSPS) is 10.2. The van der Waals surface area contributed by atoms with E-state index in [9.17, 15) is 4.79 Å². The van der Waals surface area contributed by atoms with Gasteiger partial charge in [-0.1, -0.05) is 6.92 Å². The van der Waals surface area contributed by atoms with Crippen LogP contribution >= 0.6 is 0 Å². The molecule has 0 aromatic rings. The predicted molar refractivity (Wildman–Crippen MR) is 41.3 cm³/mol. The van der Waals surface area contributed by atoms with Crippen LogP contribution in [0.15, 0.2) is 12.3 Å². The number of rotatable bonds is 3. The largest absolute Gasteiger partial charge is 0.404 e. The third-order valence-electron chi connectivity index (χ3n) is 1.17. The Balaban J connectivity index is 3.70. The van der Waals surface area contributed by atoms with Gasteiger partial charge < -0.3 is 10.6 Å². The smallest absolute Gasteiger partial charge is 0.247 e. The van der Waals surface area contributed by atoms with Crippen molar-refractivity contribution in [1.29, 1.82) is 0 Å². The summed E-state index contributed by atoms with van der Waals surface area (Å²) in [6.07, 6.45) is 3.59. The zero-order chi connectivity index (χ0) is 7.98. The molecule has 0 aliphatic carbocycles. The van der Waals surface area contributed by atoms with Crippen LogP contribution in [0.5, 0.6) is 0 Å². The van der Waals surface area contributed by atoms with Gasteiger partial charge in [-0.05, 0) is 12.6 Å². The summed E-state index contributed by atoms with van der Waals surface area (Å²) in [5.74, 6) is -0.0376. The molecule has 0 saturated heterocycles. The fourth-order valence-electron chi connectivity index (χ4n) is 0.655. The summed E-state index contributed by atoms with van der Waals surface area (Å²) < 4.78 is 0. The van der Waals surface area contributed by atoms with E-state index in [1.54, 1.807) is 11.9 Å². The van der Waals surface area contributed by atoms with Crippen molar-refractivity contribution in [1.82, 2.24) is 4.90 Å². The number of nitrogens with two attached hydrogens (primary N) is 1. The highest BCUT2D eigenvalue weighted by Gasteiger charge is 2.00. The Labute approximate surface area is 61.5 Å². The Morgan fingerprint density at radius 1 is 1.70 bits per heavy atom. The third-order valence-corrected chi connectivity index (χ3v) is 1.17. The molecule has 1 amide bonds. The molecular formula is C7H14N2O. The number of hydrogen-bond acceptors (Lipinski definition) is 2. The van der Waals surface area contributed by atoms with E-state index in [1.807, 2.05) is 6.92 Å². The molecule has 0 aliphatic heterocycles. The molecule has 10 heavy (non-hydrogen) atoms. The van der Waals surface area contributed by atoms with Crippen molar-refractivity contribution in [3.8, 4) is 0 Å². The van der Waals surface area contributed by atoms with Crippen molar-refractivity contribution >= 4 is 5.91 Å². The second kappa shape index (κ2) is 4.85. The summed E-state index contributed by atoms with van der Waals surface area (Å²) in [7, 11) is 1.76. The summed E-state index contributed by atoms with van der Waals surface area (Å²) in [5.41, 5.74) is 5.04. The topological polar surface area (TPSA) is 46.3 Å². The van der Waals surface area contributed by atoms with Crippen LogP contribution in [0.2, 0.25) is 0 Å². The molecule has 0 aromatic carbocycles. The van der Waals surface area contributed by atoms with Crippen LogP contribution in [-0.4, -0.2) is 24.4 Å². The van der Waals surface area contributed by atoms with Gasteiger partial charge in [0.25, 0.3) is 0 Å². The van der Waals surface area contributed by atoms with Gasteiger partial charge in [0.2, 0.25) is 5.91 Å². The van der Waals surface area contributed by atoms with E-state index in [4.69, 9.17) is 5.73 Å². The van der Waals surface area contributed by atoms with Gasteiger partial charge in [-0.2, -0.15) is 0 Å². The summed E-state index contributed by atoms with van der Waals surface area (Å²) in [4.78, 5) is 12.5. The van der Waals surface area contributed by atoms with Gasteiger partial charge in [0.1, 0.15) is 0 Å². The van der Waals surface area contributed by atoms with Gasteiger partial charge in [0, 0.05) is 19.7 Å². The van der Waals surface area contributed by atoms with Crippen LogP contribution in [0, 0.1) is 0 Å². The van der Waals surface area contributed by atoms with E-state index < -0.39 is 0 Å². The molecule has 0 rings (SSSR count). The monoisotopic (exact) mass is 142 g/mol. The van der Waals surface area contributed by atoms with Gasteiger partial charge in [0.15, 0.2) is 0 Å². The lowest BCUT2D eigenvalue weighted by Crippen LogP contribution is -2.25. The Morgan fingerprint density at radius 2 is 2.30 bits per heavy atom. The van der Waals surface area contributed by atoms with Gasteiger partial charge in [-0.15, -0.1) is 0 Å². The zero-order valence-corrected chi connectivity index (χ0v) is 6.50. The van der Waals surface area contributed by atoms with Crippen LogP contribution in [0.4, 0.5) is 0 Å². The molecule has 0 atom stereocenters. The molecule has 0 heterocycles. The molecule has 0 aliphatic rings. The first-order chi connectivity index (χ1) is 4.72. The van der Waals surface area contributed by atoms with Crippen molar-refractivity contribution in [2.75, 3.05) is 13.6 Å². The average molecular weight is 142 g/mol. The Hall–Kier alpha value is -0.990. The maximum Gasteiger partial charge on any atom is 0.247 e. The SMILES string of the molecule is CCCN(C)C(=O)C=CN. The van der Waals surface area contributed by atoms with E-state index in [0.717, 1.165) is 13.0 Å². The summed E-state index contributed by atoms with van der Waals surface area (Å²) in [5, 5.41) is 0. The van der Waals surface area contributed by atoms with Crippen LogP contribution in [-0.2, 0) is 4.79 Å². The number of hydrogen-bond donors (Lipinski definition) is 1. The summed E-state index contributed by atoms with van der Waals surface area (Å²) in [6.45, 7) is 2.80. The minimum atomic E-state index is -0.0376. The lowest BCUT2D eigenvalue weighted by Gasteiger charge is -2.12. The Bertz CT molecular complexity index is 132. The van der Waals surface area contributed by atoms with Gasteiger partial charge in [-0.3, -0.25) is 4.79 Å². The van der Waals surface area contributed by atoms with Crippen LogP contribution in [0.25, 0.3) is 0 Å². The lowest BCUT2D eigenvalue weighted by atomic mass is 10.4. The molecule has 0 saturated carbocycles. The highest BCUT2D eigenvalue weighted by Crippen LogP contribution is 1.87. The van der Waals surface area contributed by atoms with E-state index in [2.05, 4.69) is 0 Å². The molecule has 58 valence electrons. The van der Waals surface area contributed by atoms with E-state index in [-0.39, 0.29) is 5.91 Å². The maximum atomic E-state index is 10.9. The highest BCUT2D eigenvalue weighted by atomic mass is 16.2. The standard InChI is InChI=1S/C7H14N2O/c1-3-6-9(2)7(10)4-5-8/h4-5H,3,6,8H2,1-2H3. The van der Waals surface area contributed by atoms with Gasteiger partial charge in [-0.25, -0.2) is 0 Å². The zero-order valence-electron chi connectivity index (χ0n) is 6.50. The lowest BCUT2D eigenvalue weighted by molar-refractivity contribution is -0.124. The van der Waals surface area contributed by atoms with Crippen molar-refractivity contribution in [2.45, 2.75) is 13.3 Å². The first-order valence-electron chi connectivity index (χ1n) is 3.35. The first-order valence-corrected chi connectivity index (χ1v) is 3.35. The first kappa shape index (κ1) is 9.01. The molecule has 0 aromatic heterocycles. The van der Waals surface area contributed by atoms with Crippen molar-refractivity contribution < 1.29 is 4.79 Å². The molecular weight excluding hydrogens is 128 g/mol. The highest BCUT2D eigenvalue weighted by molar-refractivity contribution is 5.87. The maximum absolute atomic E-state index is 10.9. The van der Waals surface area contributed by atoms with Crippen LogP contribution in [0.1, 0.15) is 13.3 Å². The minimum absolute atomic E-state index is 0.0376. The molecule has 3 heteroatoms. The molecule has 2 N–H and O–H groups in total. The molecule has 0 fully saturated rings. The summed E-state index contributed by atoms with van der Waals surface area (Å²) in [6, 6.07) is 0. The molecule has 0 radical (unpaired) electrons. The fraction of sp³-hybridized carbons (Fsp3) is 0.571. The van der Waals surface area contributed by atoms with Crippen LogP contribution < -0.4 is 5.73 Å². The number of nitrogens with zero attached hydrogens (tertiary/aromatic N) is 1. The molecule has 3 nitrogen and oxygen atoms in total. The van der Waals surface area contributed by atoms with E-state index in [1.165, 1.54) is 12.3 Å². The van der Waals surface area contributed by atoms with E-state index in [0.29, 0.717) is 0 Å². The molecule has 0 bridgehead atoms. The van der Waals surface area contributed by atoms with Crippen LogP contribution in [0.3, 0.4) is 0 Å². The quantitative estimate of drug-likeness (QED) is 0.577. The average Bonchev–Trinajstić information content (AvgIpc) is 1.89. The molecule has 0 unspecified atom stereocenters. The minimum Gasteiger partial charge on any atom is -0.404 e. The number of amides is 1. The Kier molecular flexibility index (Phi) is 4.37. The Morgan fingerprint density at radius 3 is 2.70 bits per heavy atom. The molecule has 0 spiro atoms. The number of likely N-dealkylation sites (N-methyl/N-ethyl adjacent to an activating group) is 1. The number of carbonyl (C=O) groups is 1. The second-order valence-corrected chi connectivity index (χ2v) is 2.12.